The number of unbranched alkanes of at least 4 members (excludes halogenated alkanes) is 2. The van der Waals surface area contributed by atoms with Gasteiger partial charge in [0.15, 0.2) is 5.82 Å². The largest absolute Gasteiger partial charge is 0.469 e. The highest BCUT2D eigenvalue weighted by atomic mass is 35.5. The van der Waals surface area contributed by atoms with Gasteiger partial charge in [-0.05, 0) is 25.0 Å². The molecule has 1 N–H and O–H groups in total. The second-order valence-electron chi connectivity index (χ2n) is 4.34. The van der Waals surface area contributed by atoms with Crippen LogP contribution in [0.15, 0.2) is 23.1 Å². The molecule has 0 saturated heterocycles. The smallest absolute Gasteiger partial charge is 0.305 e. The number of esters is 1. The van der Waals surface area contributed by atoms with Gasteiger partial charge in [0.25, 0.3) is 0 Å². The molecule has 0 atom stereocenters. The van der Waals surface area contributed by atoms with E-state index in [9.17, 15) is 17.6 Å². The highest BCUT2D eigenvalue weighted by Gasteiger charge is 2.19. The fraction of sp³-hybridized carbons (Fsp3) is 0.462. The van der Waals surface area contributed by atoms with Gasteiger partial charge in [-0.2, -0.15) is 0 Å². The van der Waals surface area contributed by atoms with Gasteiger partial charge in [-0.3, -0.25) is 4.79 Å². The van der Waals surface area contributed by atoms with Gasteiger partial charge in [0.2, 0.25) is 10.0 Å². The number of halogens is 2. The molecule has 0 fully saturated rings. The number of methoxy groups -OCH3 is 1. The first-order valence-corrected chi connectivity index (χ1v) is 8.25. The summed E-state index contributed by atoms with van der Waals surface area (Å²) in [5, 5.41) is -0.240. The number of rotatable bonds is 8. The third-order valence-corrected chi connectivity index (χ3v) is 4.55. The second-order valence-corrected chi connectivity index (χ2v) is 6.48. The molecule has 1 rings (SSSR count). The third kappa shape index (κ3) is 5.61. The van der Waals surface area contributed by atoms with E-state index < -0.39 is 20.7 Å². The third-order valence-electron chi connectivity index (χ3n) is 2.78. The minimum Gasteiger partial charge on any atom is -0.469 e. The number of hydrogen-bond donors (Lipinski definition) is 1. The van der Waals surface area contributed by atoms with Crippen molar-refractivity contribution in [2.45, 2.75) is 30.6 Å². The molecule has 0 amide bonds. The van der Waals surface area contributed by atoms with E-state index in [0.29, 0.717) is 25.7 Å². The molecule has 118 valence electrons. The van der Waals surface area contributed by atoms with Crippen molar-refractivity contribution in [3.63, 3.8) is 0 Å². The van der Waals surface area contributed by atoms with Crippen LogP contribution in [-0.4, -0.2) is 28.0 Å². The van der Waals surface area contributed by atoms with Gasteiger partial charge in [0, 0.05) is 13.0 Å². The lowest BCUT2D eigenvalue weighted by Gasteiger charge is -2.08. The van der Waals surface area contributed by atoms with E-state index >= 15 is 0 Å². The summed E-state index contributed by atoms with van der Waals surface area (Å²) in [6.45, 7) is 0.162. The number of ether oxygens (including phenoxy) is 1. The Hall–Kier alpha value is -1.18. The minimum atomic E-state index is -3.92. The van der Waals surface area contributed by atoms with E-state index in [1.54, 1.807) is 0 Å². The van der Waals surface area contributed by atoms with Crippen molar-refractivity contribution in [2.24, 2.45) is 0 Å². The van der Waals surface area contributed by atoms with E-state index in [1.165, 1.54) is 19.2 Å². The highest BCUT2D eigenvalue weighted by molar-refractivity contribution is 7.89. The SMILES string of the molecule is COC(=O)CCCCCNS(=O)(=O)c1cccc(Cl)c1F. The van der Waals surface area contributed by atoms with Crippen LogP contribution in [0.25, 0.3) is 0 Å². The summed E-state index contributed by atoms with van der Waals surface area (Å²) in [5.41, 5.74) is 0. The van der Waals surface area contributed by atoms with Crippen LogP contribution in [0.5, 0.6) is 0 Å². The monoisotopic (exact) mass is 337 g/mol. The summed E-state index contributed by atoms with van der Waals surface area (Å²) in [4.78, 5) is 10.4. The molecule has 0 heterocycles. The first-order valence-electron chi connectivity index (χ1n) is 6.39. The van der Waals surface area contributed by atoms with Crippen molar-refractivity contribution in [2.75, 3.05) is 13.7 Å². The standard InChI is InChI=1S/C13H17ClFNO4S/c1-20-12(17)8-3-2-4-9-16-21(18,19)11-7-5-6-10(14)13(11)15/h5-7,16H,2-4,8-9H2,1H3. The maximum absolute atomic E-state index is 13.7. The molecule has 1 aromatic carbocycles. The fourth-order valence-corrected chi connectivity index (χ4v) is 3.05. The van der Waals surface area contributed by atoms with Crippen molar-refractivity contribution in [3.05, 3.63) is 29.0 Å². The van der Waals surface area contributed by atoms with Crippen LogP contribution in [-0.2, 0) is 19.6 Å². The lowest BCUT2D eigenvalue weighted by molar-refractivity contribution is -0.140. The zero-order valence-corrected chi connectivity index (χ0v) is 13.1. The van der Waals surface area contributed by atoms with Crippen molar-refractivity contribution in [1.82, 2.24) is 4.72 Å². The second kappa shape index (κ2) is 8.31. The van der Waals surface area contributed by atoms with Crippen LogP contribution in [0.1, 0.15) is 25.7 Å². The highest BCUT2D eigenvalue weighted by Crippen LogP contribution is 2.21. The normalized spacial score (nSPS) is 11.4. The maximum Gasteiger partial charge on any atom is 0.305 e. The molecular weight excluding hydrogens is 321 g/mol. The van der Waals surface area contributed by atoms with Crippen LogP contribution in [0.4, 0.5) is 4.39 Å². The van der Waals surface area contributed by atoms with Crippen molar-refractivity contribution < 1.29 is 22.3 Å². The molecule has 21 heavy (non-hydrogen) atoms. The molecule has 0 bridgehead atoms. The lowest BCUT2D eigenvalue weighted by atomic mass is 10.2. The van der Waals surface area contributed by atoms with Crippen LogP contribution in [0, 0.1) is 5.82 Å². The predicted octanol–water partition coefficient (Wildman–Crippen LogP) is 2.49. The summed E-state index contributed by atoms with van der Waals surface area (Å²) in [6.07, 6.45) is 2.11. The Labute approximate surface area is 128 Å². The van der Waals surface area contributed by atoms with Gasteiger partial charge in [0.1, 0.15) is 4.90 Å². The average Bonchev–Trinajstić information content (AvgIpc) is 2.45. The molecular formula is C13H17ClFNO4S. The quantitative estimate of drug-likeness (QED) is 0.584. The van der Waals surface area contributed by atoms with Gasteiger partial charge >= 0.3 is 5.97 Å². The molecule has 0 aromatic heterocycles. The fourth-order valence-electron chi connectivity index (χ4n) is 1.65. The molecule has 0 aliphatic rings. The molecule has 0 aliphatic heterocycles. The molecule has 8 heteroatoms. The molecule has 0 aliphatic carbocycles. The van der Waals surface area contributed by atoms with E-state index in [0.717, 1.165) is 6.07 Å². The zero-order chi connectivity index (χ0) is 15.9. The lowest BCUT2D eigenvalue weighted by Crippen LogP contribution is -2.25. The number of nitrogens with one attached hydrogen (secondary N) is 1. The molecule has 0 saturated carbocycles. The first kappa shape index (κ1) is 17.9. The summed E-state index contributed by atoms with van der Waals surface area (Å²) >= 11 is 5.55. The number of benzene rings is 1. The van der Waals surface area contributed by atoms with Crippen LogP contribution >= 0.6 is 11.6 Å². The maximum atomic E-state index is 13.7. The molecule has 0 radical (unpaired) electrons. The Morgan fingerprint density at radius 3 is 2.71 bits per heavy atom. The Kier molecular flexibility index (Phi) is 7.07. The van der Waals surface area contributed by atoms with Gasteiger partial charge in [-0.15, -0.1) is 0 Å². The zero-order valence-electron chi connectivity index (χ0n) is 11.6. The summed E-state index contributed by atoms with van der Waals surface area (Å²) in [5.74, 6) is -1.26. The average molecular weight is 338 g/mol. The Balaban J connectivity index is 2.44. The number of carbonyl (C=O) groups excluding carboxylic acids is 1. The van der Waals surface area contributed by atoms with Gasteiger partial charge in [0.05, 0.1) is 12.1 Å². The number of sulfonamides is 1. The summed E-state index contributed by atoms with van der Waals surface area (Å²) in [6, 6.07) is 3.81. The topological polar surface area (TPSA) is 72.5 Å². The van der Waals surface area contributed by atoms with Gasteiger partial charge < -0.3 is 4.74 Å². The molecule has 0 spiro atoms. The van der Waals surface area contributed by atoms with Crippen LogP contribution in [0.2, 0.25) is 5.02 Å². The van der Waals surface area contributed by atoms with E-state index in [4.69, 9.17) is 11.6 Å². The van der Waals surface area contributed by atoms with Crippen molar-refractivity contribution >= 4 is 27.6 Å². The van der Waals surface area contributed by atoms with E-state index in [2.05, 4.69) is 9.46 Å². The summed E-state index contributed by atoms with van der Waals surface area (Å²) in [7, 11) is -2.61. The van der Waals surface area contributed by atoms with E-state index in [1.807, 2.05) is 0 Å². The van der Waals surface area contributed by atoms with Crippen LogP contribution in [0.3, 0.4) is 0 Å². The number of hydrogen-bond acceptors (Lipinski definition) is 4. The van der Waals surface area contributed by atoms with Gasteiger partial charge in [-0.25, -0.2) is 17.5 Å². The minimum absolute atomic E-state index is 0.162. The van der Waals surface area contributed by atoms with Crippen molar-refractivity contribution in [1.29, 1.82) is 0 Å². The Morgan fingerprint density at radius 1 is 1.33 bits per heavy atom. The van der Waals surface area contributed by atoms with Gasteiger partial charge in [-0.1, -0.05) is 24.1 Å². The first-order chi connectivity index (χ1) is 9.88. The number of carbonyl (C=O) groups is 1. The van der Waals surface area contributed by atoms with E-state index in [-0.39, 0.29) is 17.5 Å². The van der Waals surface area contributed by atoms with Crippen LogP contribution < -0.4 is 4.72 Å². The summed E-state index contributed by atoms with van der Waals surface area (Å²) < 4.78 is 44.3. The van der Waals surface area contributed by atoms with Crippen molar-refractivity contribution in [3.8, 4) is 0 Å². The Morgan fingerprint density at radius 2 is 2.05 bits per heavy atom. The molecule has 5 nitrogen and oxygen atoms in total. The molecule has 1 aromatic rings. The molecule has 0 unspecified atom stereocenters. The Bertz CT molecular complexity index is 592. The predicted molar refractivity (Wildman–Crippen MR) is 77.1 cm³/mol.